The first-order chi connectivity index (χ1) is 7.20. The minimum absolute atomic E-state index is 0.203. The molecule has 0 heterocycles. The van der Waals surface area contributed by atoms with E-state index in [1.54, 1.807) is 0 Å². The van der Waals surface area contributed by atoms with E-state index in [2.05, 4.69) is 0 Å². The van der Waals surface area contributed by atoms with Gasteiger partial charge in [-0.2, -0.15) is 0 Å². The van der Waals surface area contributed by atoms with E-state index in [1.165, 1.54) is 6.92 Å². The average molecular weight is 229 g/mol. The molecule has 1 rings (SSSR count). The molecule has 5 heteroatoms. The fourth-order valence-electron chi connectivity index (χ4n) is 0.911. The normalized spacial score (nSPS) is 13.3. The van der Waals surface area contributed by atoms with Crippen molar-refractivity contribution in [2.45, 2.75) is 12.8 Å². The summed E-state index contributed by atoms with van der Waals surface area (Å²) in [6.45, 7) is 1.95. The van der Waals surface area contributed by atoms with Gasteiger partial charge >= 0.3 is 8.03 Å². The van der Waals surface area contributed by atoms with Crippen LogP contribution >= 0.6 is 8.03 Å². The lowest BCUT2D eigenvalue weighted by Crippen LogP contribution is -2.05. The lowest BCUT2D eigenvalue weighted by molar-refractivity contribution is 0.198. The van der Waals surface area contributed by atoms with Crippen molar-refractivity contribution in [2.75, 3.05) is 13.2 Å². The third kappa shape index (κ3) is 4.88. The molecule has 0 aliphatic heterocycles. The number of benzene rings is 1. The van der Waals surface area contributed by atoms with E-state index in [9.17, 15) is 4.57 Å². The molecule has 0 aromatic heterocycles. The van der Waals surface area contributed by atoms with Crippen LogP contribution in [0.2, 0.25) is 0 Å². The maximum absolute atomic E-state index is 11.0. The highest BCUT2D eigenvalue weighted by Gasteiger charge is 2.24. The van der Waals surface area contributed by atoms with Crippen molar-refractivity contribution in [3.8, 4) is 5.75 Å². The van der Waals surface area contributed by atoms with Crippen LogP contribution < -0.4 is 4.74 Å². The molecule has 0 aliphatic carbocycles. The summed E-state index contributed by atoms with van der Waals surface area (Å²) >= 11 is 0. The highest BCUT2D eigenvalue weighted by atomic mass is 31.1. The second-order valence-electron chi connectivity index (χ2n) is 2.91. The topological polar surface area (TPSA) is 55.8 Å². The van der Waals surface area contributed by atoms with Crippen molar-refractivity contribution >= 4 is 8.03 Å². The highest BCUT2D eigenvalue weighted by molar-refractivity contribution is 7.39. The summed E-state index contributed by atoms with van der Waals surface area (Å²) in [5.74, 6) is -0.190. The Morgan fingerprint density at radius 2 is 2.00 bits per heavy atom. The van der Waals surface area contributed by atoms with E-state index in [0.717, 1.165) is 5.75 Å². The predicted molar refractivity (Wildman–Crippen MR) is 57.2 cm³/mol. The third-order valence-corrected chi connectivity index (χ3v) is 2.67. The number of ether oxygens (including phenoxy) is 1. The van der Waals surface area contributed by atoms with Gasteiger partial charge in [0.1, 0.15) is 19.0 Å². The maximum atomic E-state index is 11.0. The monoisotopic (exact) mass is 229 g/mol. The lowest BCUT2D eigenvalue weighted by Gasteiger charge is -2.02. The molecule has 0 spiro atoms. The summed E-state index contributed by atoms with van der Waals surface area (Å²) in [6.07, 6.45) is 0. The number of rotatable bonds is 6. The molecule has 1 aromatic carbocycles. The molecule has 0 fully saturated rings. The maximum Gasteiger partial charge on any atom is 0.540 e. The number of aliphatic hydroxyl groups excluding tert-OH is 1. The Labute approximate surface area is 89.7 Å². The van der Waals surface area contributed by atoms with Gasteiger partial charge in [0.15, 0.2) is 0 Å². The Balaban J connectivity index is 2.15. The quantitative estimate of drug-likeness (QED) is 0.600. The summed E-state index contributed by atoms with van der Waals surface area (Å²) in [7, 11) is -1.99. The zero-order valence-corrected chi connectivity index (χ0v) is 9.39. The lowest BCUT2D eigenvalue weighted by atomic mass is 10.3. The van der Waals surface area contributed by atoms with Gasteiger partial charge in [-0.25, -0.2) is 0 Å². The van der Waals surface area contributed by atoms with Gasteiger partial charge < -0.3 is 9.84 Å². The number of hydrogen-bond donors (Lipinski definition) is 1. The predicted octanol–water partition coefficient (Wildman–Crippen LogP) is 2.16. The first kappa shape index (κ1) is 12.1. The Bertz CT molecular complexity index is 300. The van der Waals surface area contributed by atoms with Crippen LogP contribution in [-0.4, -0.2) is 24.2 Å². The Hall–Kier alpha value is -0.960. The smallest absolute Gasteiger partial charge is 0.491 e. The summed E-state index contributed by atoms with van der Waals surface area (Å²) < 4.78 is 21.1. The van der Waals surface area contributed by atoms with E-state index in [1.807, 2.05) is 30.3 Å². The fourth-order valence-corrected chi connectivity index (χ4v) is 1.38. The second-order valence-corrected chi connectivity index (χ2v) is 4.49. The van der Waals surface area contributed by atoms with Crippen molar-refractivity contribution in [3.63, 3.8) is 0 Å². The second kappa shape index (κ2) is 6.51. The molecule has 0 saturated carbocycles. The number of hydrogen-bond acceptors (Lipinski definition) is 4. The molecule has 2 unspecified atom stereocenters. The first-order valence-corrected chi connectivity index (χ1v) is 5.90. The number of aliphatic hydroxyl groups is 1. The van der Waals surface area contributed by atoms with E-state index in [0.29, 0.717) is 6.61 Å². The van der Waals surface area contributed by atoms with Crippen LogP contribution in [0, 0.1) is 0 Å². The molecule has 15 heavy (non-hydrogen) atoms. The third-order valence-electron chi connectivity index (χ3n) is 1.62. The molecule has 0 radical (unpaired) electrons. The Morgan fingerprint density at radius 3 is 2.60 bits per heavy atom. The van der Waals surface area contributed by atoms with Gasteiger partial charge in [-0.1, -0.05) is 18.2 Å². The van der Waals surface area contributed by atoms with Gasteiger partial charge in [0.25, 0.3) is 5.85 Å². The van der Waals surface area contributed by atoms with E-state index in [4.69, 9.17) is 14.4 Å². The van der Waals surface area contributed by atoms with Gasteiger partial charge in [0.05, 0.1) is 0 Å². The summed E-state index contributed by atoms with van der Waals surface area (Å²) in [5.41, 5.74) is 0. The Kier molecular flexibility index (Phi) is 5.26. The summed E-state index contributed by atoms with van der Waals surface area (Å²) in [6, 6.07) is 9.29. The van der Waals surface area contributed by atoms with E-state index >= 15 is 0 Å². The van der Waals surface area contributed by atoms with Gasteiger partial charge in [0, 0.05) is 6.92 Å². The van der Waals surface area contributed by atoms with Crippen LogP contribution in [0.15, 0.2) is 30.3 Å². The molecule has 0 saturated heterocycles. The van der Waals surface area contributed by atoms with Crippen LogP contribution in [0.1, 0.15) is 6.92 Å². The first-order valence-electron chi connectivity index (χ1n) is 4.65. The largest absolute Gasteiger partial charge is 0.540 e. The highest BCUT2D eigenvalue weighted by Crippen LogP contribution is 2.26. The summed E-state index contributed by atoms with van der Waals surface area (Å²) in [4.78, 5) is 0. The van der Waals surface area contributed by atoms with Gasteiger partial charge in [-0.3, -0.25) is 0 Å². The van der Waals surface area contributed by atoms with Crippen LogP contribution in [0.25, 0.3) is 0 Å². The van der Waals surface area contributed by atoms with Crippen molar-refractivity contribution in [1.82, 2.24) is 0 Å². The minimum Gasteiger partial charge on any atom is -0.491 e. The molecule has 1 N–H and O–H groups in total. The van der Waals surface area contributed by atoms with Gasteiger partial charge in [0.2, 0.25) is 0 Å². The molecular formula is C10H14O4P+. The SMILES string of the molecule is CC(O)[P+](=O)OCCOc1ccccc1. The molecule has 0 amide bonds. The average Bonchev–Trinajstić information content (AvgIpc) is 2.25. The molecule has 2 atom stereocenters. The molecule has 82 valence electrons. The fraction of sp³-hybridized carbons (Fsp3) is 0.400. The molecule has 4 nitrogen and oxygen atoms in total. The van der Waals surface area contributed by atoms with Crippen LogP contribution in [0.3, 0.4) is 0 Å². The minimum atomic E-state index is -1.99. The zero-order chi connectivity index (χ0) is 11.1. The van der Waals surface area contributed by atoms with Crippen molar-refractivity contribution in [2.24, 2.45) is 0 Å². The Morgan fingerprint density at radius 1 is 1.33 bits per heavy atom. The van der Waals surface area contributed by atoms with Crippen LogP contribution in [0.5, 0.6) is 5.75 Å². The molecule has 1 aromatic rings. The van der Waals surface area contributed by atoms with E-state index in [-0.39, 0.29) is 6.61 Å². The van der Waals surface area contributed by atoms with E-state index < -0.39 is 13.9 Å². The van der Waals surface area contributed by atoms with Crippen LogP contribution in [0.4, 0.5) is 0 Å². The van der Waals surface area contributed by atoms with Gasteiger partial charge in [-0.15, -0.1) is 4.52 Å². The van der Waals surface area contributed by atoms with Crippen molar-refractivity contribution in [1.29, 1.82) is 0 Å². The van der Waals surface area contributed by atoms with Crippen molar-refractivity contribution in [3.05, 3.63) is 30.3 Å². The van der Waals surface area contributed by atoms with Gasteiger partial charge in [-0.05, 0) is 16.7 Å². The zero-order valence-electron chi connectivity index (χ0n) is 8.50. The molecular weight excluding hydrogens is 215 g/mol. The summed E-state index contributed by atoms with van der Waals surface area (Å²) in [5, 5.41) is 8.89. The standard InChI is InChI=1S/C10H14O4P/c1-9(11)15(12)14-8-7-13-10-5-3-2-4-6-10/h2-6,9,11H,7-8H2,1H3/q+1. The number of para-hydroxylation sites is 1. The molecule has 0 aliphatic rings. The van der Waals surface area contributed by atoms with Crippen LogP contribution in [-0.2, 0) is 9.09 Å². The van der Waals surface area contributed by atoms with Crippen molar-refractivity contribution < 1.29 is 18.9 Å². The molecule has 0 bridgehead atoms.